The van der Waals surface area contributed by atoms with E-state index < -0.39 is 42.4 Å². The van der Waals surface area contributed by atoms with E-state index in [0.717, 1.165) is 0 Å². The van der Waals surface area contributed by atoms with Crippen LogP contribution in [0.15, 0.2) is 24.3 Å². The summed E-state index contributed by atoms with van der Waals surface area (Å²) in [6.45, 7) is -0.0448. The topological polar surface area (TPSA) is 153 Å². The van der Waals surface area contributed by atoms with Crippen molar-refractivity contribution < 1.29 is 39.2 Å². The number of aliphatic hydroxyl groups excluding tert-OH is 1. The van der Waals surface area contributed by atoms with E-state index in [9.17, 15) is 24.3 Å². The fourth-order valence-corrected chi connectivity index (χ4v) is 2.56. The minimum absolute atomic E-state index is 0.107. The van der Waals surface area contributed by atoms with Crippen molar-refractivity contribution in [1.82, 2.24) is 10.2 Å². The molecule has 1 heterocycles. The van der Waals surface area contributed by atoms with Gasteiger partial charge in [0.25, 0.3) is 5.91 Å². The van der Waals surface area contributed by atoms with Gasteiger partial charge in [-0.15, -0.1) is 0 Å². The molecule has 0 saturated carbocycles. The van der Waals surface area contributed by atoms with E-state index in [-0.39, 0.29) is 19.6 Å². The van der Waals surface area contributed by atoms with Gasteiger partial charge in [-0.3, -0.25) is 9.59 Å². The summed E-state index contributed by atoms with van der Waals surface area (Å²) < 4.78 is 5.20. The van der Waals surface area contributed by atoms with E-state index in [4.69, 9.17) is 14.9 Å². The molecule has 1 aliphatic rings. The first-order valence-corrected chi connectivity index (χ1v) is 7.77. The first-order valence-electron chi connectivity index (χ1n) is 7.77. The van der Waals surface area contributed by atoms with E-state index in [1.165, 1.54) is 12.1 Å². The summed E-state index contributed by atoms with van der Waals surface area (Å²) in [7, 11) is 0. The summed E-state index contributed by atoms with van der Waals surface area (Å²) in [5.41, 5.74) is 0.421. The van der Waals surface area contributed by atoms with Crippen molar-refractivity contribution in [1.29, 1.82) is 0 Å². The van der Waals surface area contributed by atoms with Crippen molar-refractivity contribution >= 4 is 23.9 Å². The van der Waals surface area contributed by atoms with E-state index in [0.29, 0.717) is 16.2 Å². The molecule has 3 amide bonds. The van der Waals surface area contributed by atoms with Crippen LogP contribution in [0.5, 0.6) is 5.75 Å². The number of carboxylic acids is 2. The lowest BCUT2D eigenvalue weighted by atomic mass is 10.1. The number of hydrogen-bond acceptors (Lipinski definition) is 6. The molecule has 2 atom stereocenters. The number of nitrogens with one attached hydrogen (secondary N) is 1. The maximum Gasteiger partial charge on any atom is 0.327 e. The first-order chi connectivity index (χ1) is 12.3. The largest absolute Gasteiger partial charge is 0.491 e. The lowest BCUT2D eigenvalue weighted by molar-refractivity contribution is -0.148. The maximum atomic E-state index is 12.5. The van der Waals surface area contributed by atoms with Gasteiger partial charge in [0, 0.05) is 6.42 Å². The molecule has 140 valence electrons. The molecule has 26 heavy (non-hydrogen) atoms. The average Bonchev–Trinajstić information content (AvgIpc) is 2.88. The number of nitrogens with zero attached hydrogens (tertiary/aromatic N) is 1. The smallest absolute Gasteiger partial charge is 0.327 e. The molecule has 0 spiro atoms. The molecule has 2 rings (SSSR count). The molecule has 0 unspecified atom stereocenters. The Labute approximate surface area is 148 Å². The molecule has 1 fully saturated rings. The first kappa shape index (κ1) is 19.2. The van der Waals surface area contributed by atoms with Crippen LogP contribution in [0.1, 0.15) is 24.4 Å². The van der Waals surface area contributed by atoms with Gasteiger partial charge in [-0.1, -0.05) is 12.1 Å². The van der Waals surface area contributed by atoms with Gasteiger partial charge in [0.05, 0.1) is 6.61 Å². The van der Waals surface area contributed by atoms with Gasteiger partial charge in [-0.05, 0) is 24.1 Å². The molecular weight excluding hydrogens is 348 g/mol. The summed E-state index contributed by atoms with van der Waals surface area (Å²) in [6, 6.07) is 2.64. The molecule has 0 aromatic heterocycles. The number of aliphatic carboxylic acids is 2. The maximum absolute atomic E-state index is 12.5. The minimum atomic E-state index is -1.56. The highest BCUT2D eigenvalue weighted by atomic mass is 16.5. The zero-order chi connectivity index (χ0) is 19.3. The van der Waals surface area contributed by atoms with Crippen molar-refractivity contribution in [2.75, 3.05) is 13.2 Å². The molecule has 4 N–H and O–H groups in total. The van der Waals surface area contributed by atoms with Crippen molar-refractivity contribution in [3.8, 4) is 5.75 Å². The number of carbonyl (C=O) groups excluding carboxylic acids is 2. The van der Waals surface area contributed by atoms with Crippen molar-refractivity contribution in [2.24, 2.45) is 0 Å². The van der Waals surface area contributed by atoms with Crippen molar-refractivity contribution in [2.45, 2.75) is 24.9 Å². The van der Waals surface area contributed by atoms with Crippen LogP contribution in [0.4, 0.5) is 4.79 Å². The van der Waals surface area contributed by atoms with Crippen LogP contribution >= 0.6 is 0 Å². The summed E-state index contributed by atoms with van der Waals surface area (Å²) in [4.78, 5) is 47.2. The van der Waals surface area contributed by atoms with Crippen molar-refractivity contribution in [3.05, 3.63) is 29.8 Å². The molecule has 0 bridgehead atoms. The monoisotopic (exact) mass is 366 g/mol. The van der Waals surface area contributed by atoms with Crippen LogP contribution < -0.4 is 10.1 Å². The lowest BCUT2D eigenvalue weighted by Crippen LogP contribution is -2.45. The Kier molecular flexibility index (Phi) is 6.12. The van der Waals surface area contributed by atoms with Gasteiger partial charge in [-0.25, -0.2) is 14.5 Å². The van der Waals surface area contributed by atoms with E-state index in [2.05, 4.69) is 5.32 Å². The highest BCUT2D eigenvalue weighted by molar-refractivity contribution is 6.07. The number of carboxylic acid groups (broad SMARTS) is 2. The van der Waals surface area contributed by atoms with E-state index in [1.807, 2.05) is 0 Å². The third-order valence-electron chi connectivity index (χ3n) is 3.77. The van der Waals surface area contributed by atoms with Crippen LogP contribution in [0, 0.1) is 0 Å². The van der Waals surface area contributed by atoms with Gasteiger partial charge in [0.1, 0.15) is 24.4 Å². The predicted octanol–water partition coefficient (Wildman–Crippen LogP) is -0.0314. The van der Waals surface area contributed by atoms with E-state index >= 15 is 0 Å². The Morgan fingerprint density at radius 2 is 1.85 bits per heavy atom. The number of benzene rings is 1. The molecule has 1 saturated heterocycles. The minimum Gasteiger partial charge on any atom is -0.491 e. The number of rotatable bonds is 9. The molecule has 0 aliphatic carbocycles. The Morgan fingerprint density at radius 3 is 2.38 bits per heavy atom. The number of hydrogen-bond donors (Lipinski definition) is 4. The summed E-state index contributed by atoms with van der Waals surface area (Å²) in [5.74, 6) is -2.99. The Morgan fingerprint density at radius 1 is 1.19 bits per heavy atom. The molecule has 1 aromatic carbocycles. The number of urea groups is 1. The van der Waals surface area contributed by atoms with Crippen molar-refractivity contribution in [3.63, 3.8) is 0 Å². The third kappa shape index (κ3) is 4.28. The fraction of sp³-hybridized carbons (Fsp3) is 0.375. The summed E-state index contributed by atoms with van der Waals surface area (Å²) >= 11 is 0. The quantitative estimate of drug-likeness (QED) is 0.444. The third-order valence-corrected chi connectivity index (χ3v) is 3.77. The zero-order valence-electron chi connectivity index (χ0n) is 13.6. The standard InChI is InChI=1S/C16H18N2O8/c19-7-8-26-10-3-1-9(2-4-10)13-14(22)18(16(25)17-13)11(15(23)24)5-6-12(20)21/h1-4,11,13,19H,5-8H2,(H,17,25)(H,20,21)(H,23,24)/t11-,13+/m0/s1. The Bertz CT molecular complexity index is 703. The van der Waals surface area contributed by atoms with Gasteiger partial charge >= 0.3 is 18.0 Å². The fourth-order valence-electron chi connectivity index (χ4n) is 2.56. The van der Waals surface area contributed by atoms with Crippen LogP contribution in [0.2, 0.25) is 0 Å². The lowest BCUT2D eigenvalue weighted by Gasteiger charge is -2.21. The summed E-state index contributed by atoms with van der Waals surface area (Å²) in [6.07, 6.45) is -0.875. The molecule has 1 aromatic rings. The predicted molar refractivity (Wildman–Crippen MR) is 85.4 cm³/mol. The number of ether oxygens (including phenoxy) is 1. The highest BCUT2D eigenvalue weighted by Crippen LogP contribution is 2.26. The molecule has 10 nitrogen and oxygen atoms in total. The van der Waals surface area contributed by atoms with Gasteiger partial charge in [0.15, 0.2) is 0 Å². The van der Waals surface area contributed by atoms with E-state index in [1.54, 1.807) is 12.1 Å². The van der Waals surface area contributed by atoms with Gasteiger partial charge < -0.3 is 25.4 Å². The number of carbonyl (C=O) groups is 4. The van der Waals surface area contributed by atoms with Crippen LogP contribution in [0.3, 0.4) is 0 Å². The molecule has 0 radical (unpaired) electrons. The Balaban J connectivity index is 2.16. The zero-order valence-corrected chi connectivity index (χ0v) is 13.6. The SMILES string of the molecule is O=C(O)CC[C@@H](C(=O)O)N1C(=O)N[C@H](c2ccc(OCCO)cc2)C1=O. The van der Waals surface area contributed by atoms with Gasteiger partial charge in [-0.2, -0.15) is 0 Å². The second-order valence-corrected chi connectivity index (χ2v) is 5.52. The molecule has 10 heteroatoms. The molecule has 1 aliphatic heterocycles. The average molecular weight is 366 g/mol. The number of amides is 3. The number of aliphatic hydroxyl groups is 1. The molecular formula is C16H18N2O8. The Hall–Kier alpha value is -3.14. The van der Waals surface area contributed by atoms with Crippen LogP contribution in [-0.2, 0) is 14.4 Å². The highest BCUT2D eigenvalue weighted by Gasteiger charge is 2.45. The number of imide groups is 1. The normalized spacial score (nSPS) is 17.7. The second kappa shape index (κ2) is 8.30. The van der Waals surface area contributed by atoms with Crippen LogP contribution in [0.25, 0.3) is 0 Å². The van der Waals surface area contributed by atoms with Crippen LogP contribution in [-0.4, -0.2) is 63.4 Å². The summed E-state index contributed by atoms with van der Waals surface area (Å²) in [5, 5.41) is 29.1. The van der Waals surface area contributed by atoms with Gasteiger partial charge in [0.2, 0.25) is 0 Å². The second-order valence-electron chi connectivity index (χ2n) is 5.52.